The highest BCUT2D eigenvalue weighted by Crippen LogP contribution is 2.37. The number of halogens is 1. The second-order valence-electron chi connectivity index (χ2n) is 6.12. The summed E-state index contributed by atoms with van der Waals surface area (Å²) in [5, 5.41) is 4.56. The normalized spacial score (nSPS) is 25.5. The summed E-state index contributed by atoms with van der Waals surface area (Å²) in [7, 11) is 0. The molecule has 0 unspecified atom stereocenters. The van der Waals surface area contributed by atoms with Crippen molar-refractivity contribution < 1.29 is 33.3 Å². The maximum atomic E-state index is 11.7. The van der Waals surface area contributed by atoms with Crippen LogP contribution in [0.5, 0.6) is 0 Å². The molecule has 0 N–H and O–H groups in total. The zero-order valence-corrected chi connectivity index (χ0v) is 17.8. The first-order valence-electron chi connectivity index (χ1n) is 8.67. The van der Waals surface area contributed by atoms with Crippen molar-refractivity contribution in [3.05, 3.63) is 33.8 Å². The van der Waals surface area contributed by atoms with Crippen LogP contribution >= 0.6 is 23.4 Å². The van der Waals surface area contributed by atoms with E-state index in [2.05, 4.69) is 15.0 Å². The Balaban J connectivity index is 2.43. The van der Waals surface area contributed by atoms with Gasteiger partial charge in [-0.2, -0.15) is 0 Å². The Kier molecular flexibility index (Phi) is 8.72. The molecule has 0 bridgehead atoms. The van der Waals surface area contributed by atoms with E-state index in [1.807, 2.05) is 0 Å². The molecule has 13 heteroatoms. The summed E-state index contributed by atoms with van der Waals surface area (Å²) in [6.07, 6.45) is -1.79. The smallest absolute Gasteiger partial charge is 0.303 e. The standard InChI is InChI=1S/C17H19ClN4O7S/c1-8(23)26-7-12-15(27-9(2)24)14(21-22-19)16(28-10(3)25)17(29-12)30-13-6-11(18)4-5-20-13/h4-6,12,14-17H,7H2,1-3H3/t12-,14+,15+,16-,17-/m1/s1. The maximum absolute atomic E-state index is 11.7. The number of rotatable bonds is 7. The molecule has 0 aliphatic carbocycles. The van der Waals surface area contributed by atoms with Crippen LogP contribution < -0.4 is 0 Å². The van der Waals surface area contributed by atoms with Gasteiger partial charge in [0, 0.05) is 36.9 Å². The van der Waals surface area contributed by atoms with Crippen molar-refractivity contribution in [3.8, 4) is 0 Å². The first-order chi connectivity index (χ1) is 14.2. The van der Waals surface area contributed by atoms with Crippen LogP contribution in [0.2, 0.25) is 5.02 Å². The molecule has 1 aromatic heterocycles. The number of azide groups is 1. The fourth-order valence-corrected chi connectivity index (χ4v) is 4.07. The summed E-state index contributed by atoms with van der Waals surface area (Å²) in [6, 6.07) is 2.01. The Morgan fingerprint density at radius 2 is 1.90 bits per heavy atom. The van der Waals surface area contributed by atoms with E-state index < -0.39 is 47.7 Å². The van der Waals surface area contributed by atoms with Gasteiger partial charge in [-0.05, 0) is 17.7 Å². The number of esters is 3. The molecule has 0 spiro atoms. The first-order valence-corrected chi connectivity index (χ1v) is 9.92. The highest BCUT2D eigenvalue weighted by molar-refractivity contribution is 7.99. The molecule has 0 saturated carbocycles. The van der Waals surface area contributed by atoms with Crippen molar-refractivity contribution >= 4 is 41.3 Å². The molecule has 1 saturated heterocycles. The summed E-state index contributed by atoms with van der Waals surface area (Å²) >= 11 is 7.05. The molecule has 11 nitrogen and oxygen atoms in total. The van der Waals surface area contributed by atoms with E-state index in [4.69, 9.17) is 36.1 Å². The van der Waals surface area contributed by atoms with Crippen molar-refractivity contribution in [2.45, 2.75) is 55.6 Å². The van der Waals surface area contributed by atoms with E-state index in [9.17, 15) is 14.4 Å². The molecule has 1 aromatic rings. The average Bonchev–Trinajstić information content (AvgIpc) is 2.64. The minimum atomic E-state index is -1.16. The lowest BCUT2D eigenvalue weighted by molar-refractivity contribution is -0.201. The molecule has 0 aromatic carbocycles. The first kappa shape index (κ1) is 23.7. The van der Waals surface area contributed by atoms with Crippen LogP contribution in [0.15, 0.2) is 28.5 Å². The van der Waals surface area contributed by atoms with Crippen LogP contribution in [0.1, 0.15) is 20.8 Å². The van der Waals surface area contributed by atoms with E-state index in [1.165, 1.54) is 20.0 Å². The summed E-state index contributed by atoms with van der Waals surface area (Å²) in [5.41, 5.74) is 8.13. The van der Waals surface area contributed by atoms with Crippen LogP contribution in [0, 0.1) is 0 Å². The highest BCUT2D eigenvalue weighted by atomic mass is 35.5. The largest absolute Gasteiger partial charge is 0.463 e. The lowest BCUT2D eigenvalue weighted by atomic mass is 9.97. The van der Waals surface area contributed by atoms with E-state index >= 15 is 0 Å². The lowest BCUT2D eigenvalue weighted by Gasteiger charge is -2.43. The molecule has 1 aliphatic heterocycles. The van der Waals surface area contributed by atoms with Gasteiger partial charge >= 0.3 is 17.9 Å². The van der Waals surface area contributed by atoms with Crippen molar-refractivity contribution in [2.24, 2.45) is 5.11 Å². The predicted molar refractivity (Wildman–Crippen MR) is 104 cm³/mol. The molecule has 1 aliphatic rings. The van der Waals surface area contributed by atoms with Gasteiger partial charge in [-0.3, -0.25) is 14.4 Å². The topological polar surface area (TPSA) is 150 Å². The third-order valence-corrected chi connectivity index (χ3v) is 5.10. The van der Waals surface area contributed by atoms with E-state index in [0.717, 1.165) is 18.7 Å². The van der Waals surface area contributed by atoms with Gasteiger partial charge in [0.25, 0.3) is 0 Å². The summed E-state index contributed by atoms with van der Waals surface area (Å²) in [5.74, 6) is -1.92. The van der Waals surface area contributed by atoms with Gasteiger partial charge in [0.15, 0.2) is 0 Å². The summed E-state index contributed by atoms with van der Waals surface area (Å²) < 4.78 is 21.6. The van der Waals surface area contributed by atoms with E-state index in [1.54, 1.807) is 12.1 Å². The fraction of sp³-hybridized carbons (Fsp3) is 0.529. The van der Waals surface area contributed by atoms with E-state index in [-0.39, 0.29) is 6.61 Å². The second kappa shape index (κ2) is 11.0. The summed E-state index contributed by atoms with van der Waals surface area (Å²) in [4.78, 5) is 41.6. The van der Waals surface area contributed by atoms with Gasteiger partial charge in [-0.25, -0.2) is 4.98 Å². The molecular formula is C17H19ClN4O7S. The van der Waals surface area contributed by atoms with Gasteiger partial charge < -0.3 is 18.9 Å². The molecule has 2 rings (SSSR count). The number of pyridine rings is 1. The number of hydrogen-bond acceptors (Lipinski definition) is 10. The minimum absolute atomic E-state index is 0.280. The molecule has 5 atom stereocenters. The molecular weight excluding hydrogens is 440 g/mol. The van der Waals surface area contributed by atoms with Crippen molar-refractivity contribution in [1.82, 2.24) is 4.98 Å². The highest BCUT2D eigenvalue weighted by Gasteiger charge is 2.50. The van der Waals surface area contributed by atoms with Crippen molar-refractivity contribution in [2.75, 3.05) is 6.61 Å². The van der Waals surface area contributed by atoms with Crippen molar-refractivity contribution in [3.63, 3.8) is 0 Å². The lowest BCUT2D eigenvalue weighted by Crippen LogP contribution is -2.59. The molecule has 1 fully saturated rings. The van der Waals surface area contributed by atoms with Gasteiger partial charge in [0.1, 0.15) is 41.4 Å². The maximum Gasteiger partial charge on any atom is 0.303 e. The number of carbonyl (C=O) groups is 3. The minimum Gasteiger partial charge on any atom is -0.463 e. The Morgan fingerprint density at radius 3 is 2.47 bits per heavy atom. The zero-order chi connectivity index (χ0) is 22.3. The number of ether oxygens (including phenoxy) is 4. The second-order valence-corrected chi connectivity index (χ2v) is 7.67. The third kappa shape index (κ3) is 6.77. The van der Waals surface area contributed by atoms with Crippen molar-refractivity contribution in [1.29, 1.82) is 0 Å². The third-order valence-electron chi connectivity index (χ3n) is 3.79. The molecule has 0 amide bonds. The van der Waals surface area contributed by atoms with Crippen LogP contribution in [0.4, 0.5) is 0 Å². The molecule has 162 valence electrons. The number of thioether (sulfide) groups is 1. The molecule has 2 heterocycles. The Bertz CT molecular complexity index is 851. The Labute approximate surface area is 181 Å². The summed E-state index contributed by atoms with van der Waals surface area (Å²) in [6.45, 7) is 3.27. The monoisotopic (exact) mass is 458 g/mol. The van der Waals surface area contributed by atoms with Gasteiger partial charge in [0.2, 0.25) is 0 Å². The SMILES string of the molecule is CC(=O)OC[C@H]1O[C@H](Sc2cc(Cl)ccn2)[C@H](OC(C)=O)[C@@H](N=[N+]=[N-])[C@H]1OC(C)=O. The van der Waals surface area contributed by atoms with Gasteiger partial charge in [-0.15, -0.1) is 0 Å². The number of aromatic nitrogens is 1. The fourth-order valence-electron chi connectivity index (χ4n) is 2.74. The zero-order valence-electron chi connectivity index (χ0n) is 16.3. The number of hydrogen-bond donors (Lipinski definition) is 0. The Hall–Kier alpha value is -2.53. The average molecular weight is 459 g/mol. The molecule has 0 radical (unpaired) electrons. The van der Waals surface area contributed by atoms with Crippen LogP contribution in [-0.4, -0.2) is 59.3 Å². The quantitative estimate of drug-likeness (QED) is 0.197. The van der Waals surface area contributed by atoms with Gasteiger partial charge in [0.05, 0.1) is 0 Å². The number of carbonyl (C=O) groups excluding carboxylic acids is 3. The van der Waals surface area contributed by atoms with Crippen LogP contribution in [0.3, 0.4) is 0 Å². The predicted octanol–water partition coefficient (Wildman–Crippen LogP) is 2.66. The van der Waals surface area contributed by atoms with Gasteiger partial charge in [-0.1, -0.05) is 28.5 Å². The van der Waals surface area contributed by atoms with Crippen LogP contribution in [0.25, 0.3) is 10.4 Å². The van der Waals surface area contributed by atoms with Crippen LogP contribution in [-0.2, 0) is 33.3 Å². The molecule has 30 heavy (non-hydrogen) atoms. The Morgan fingerprint density at radius 1 is 1.23 bits per heavy atom. The number of nitrogens with zero attached hydrogens (tertiary/aromatic N) is 4. The van der Waals surface area contributed by atoms with E-state index in [0.29, 0.717) is 10.0 Å².